The van der Waals surface area contributed by atoms with Gasteiger partial charge in [-0.15, -0.1) is 11.6 Å². The Morgan fingerprint density at radius 2 is 2.15 bits per heavy atom. The van der Waals surface area contributed by atoms with E-state index < -0.39 is 0 Å². The number of aromatic nitrogens is 4. The topological polar surface area (TPSA) is 52.8 Å². The third-order valence-corrected chi connectivity index (χ3v) is 4.60. The van der Waals surface area contributed by atoms with Gasteiger partial charge in [-0.05, 0) is 27.0 Å². The minimum absolute atomic E-state index is 0.0618. The number of imidazole rings is 1. The second-order valence-electron chi connectivity index (χ2n) is 5.19. The summed E-state index contributed by atoms with van der Waals surface area (Å²) in [4.78, 5) is 13.0. The predicted molar refractivity (Wildman–Crippen MR) is 83.7 cm³/mol. The second kappa shape index (κ2) is 5.77. The van der Waals surface area contributed by atoms with E-state index in [0.29, 0.717) is 11.4 Å². The molecule has 0 aliphatic rings. The van der Waals surface area contributed by atoms with Crippen LogP contribution < -0.4 is 4.74 Å². The highest BCUT2D eigenvalue weighted by Crippen LogP contribution is 2.31. The Morgan fingerprint density at radius 3 is 2.70 bits per heavy atom. The molecule has 2 aromatic rings. The summed E-state index contributed by atoms with van der Waals surface area (Å²) in [7, 11) is 1.58. The zero-order chi connectivity index (χ0) is 14.9. The highest BCUT2D eigenvalue weighted by molar-refractivity contribution is 7.99. The maximum absolute atomic E-state index is 6.27. The molecule has 0 bridgehead atoms. The molecule has 0 N–H and O–H groups in total. The van der Waals surface area contributed by atoms with E-state index >= 15 is 0 Å². The Labute approximate surface area is 128 Å². The molecule has 2 rings (SSSR count). The number of hydrogen-bond donors (Lipinski definition) is 0. The number of rotatable bonds is 5. The first-order valence-corrected chi connectivity index (χ1v) is 8.00. The number of ether oxygens (including phenoxy) is 1. The average Bonchev–Trinajstić information content (AvgIpc) is 2.77. The summed E-state index contributed by atoms with van der Waals surface area (Å²) >= 11 is 8.07. The van der Waals surface area contributed by atoms with Gasteiger partial charge >= 0.3 is 0 Å². The predicted octanol–water partition coefficient (Wildman–Crippen LogP) is 3.28. The summed E-state index contributed by atoms with van der Waals surface area (Å²) < 4.78 is 7.38. The molecule has 0 saturated carbocycles. The molecule has 2 heterocycles. The molecule has 0 aromatic carbocycles. The largest absolute Gasteiger partial charge is 0.479 e. The van der Waals surface area contributed by atoms with Crippen molar-refractivity contribution >= 4 is 34.5 Å². The Balaban J connectivity index is 2.64. The first-order valence-electron chi connectivity index (χ1n) is 6.34. The lowest BCUT2D eigenvalue weighted by molar-refractivity contribution is 0.401. The van der Waals surface area contributed by atoms with E-state index in [4.69, 9.17) is 16.3 Å². The lowest BCUT2D eigenvalue weighted by atomic mass is 10.2. The SMILES string of the molecule is COc1ncnc2c1nc(C(C)Cl)n2CC(C)(C)SC. The molecule has 0 spiro atoms. The fourth-order valence-electron chi connectivity index (χ4n) is 1.99. The maximum atomic E-state index is 6.27. The fourth-order valence-corrected chi connectivity index (χ4v) is 2.41. The maximum Gasteiger partial charge on any atom is 0.245 e. The van der Waals surface area contributed by atoms with Crippen molar-refractivity contribution in [2.45, 2.75) is 37.4 Å². The lowest BCUT2D eigenvalue weighted by Crippen LogP contribution is -2.24. The van der Waals surface area contributed by atoms with Gasteiger partial charge in [0, 0.05) is 11.3 Å². The molecule has 2 aromatic heterocycles. The van der Waals surface area contributed by atoms with Gasteiger partial charge in [-0.2, -0.15) is 16.7 Å². The summed E-state index contributed by atoms with van der Waals surface area (Å²) in [6, 6.07) is 0. The zero-order valence-corrected chi connectivity index (χ0v) is 13.9. The minimum atomic E-state index is -0.202. The van der Waals surface area contributed by atoms with Crippen molar-refractivity contribution < 1.29 is 4.74 Å². The van der Waals surface area contributed by atoms with E-state index in [0.717, 1.165) is 18.0 Å². The number of alkyl halides is 1. The molecule has 0 radical (unpaired) electrons. The van der Waals surface area contributed by atoms with E-state index in [2.05, 4.69) is 39.6 Å². The van der Waals surface area contributed by atoms with Gasteiger partial charge in [-0.1, -0.05) is 0 Å². The van der Waals surface area contributed by atoms with E-state index in [-0.39, 0.29) is 10.1 Å². The van der Waals surface area contributed by atoms with Gasteiger partial charge in [0.25, 0.3) is 0 Å². The normalized spacial score (nSPS) is 13.7. The van der Waals surface area contributed by atoms with Crippen molar-refractivity contribution in [1.82, 2.24) is 19.5 Å². The third kappa shape index (κ3) is 2.86. The van der Waals surface area contributed by atoms with Gasteiger partial charge < -0.3 is 9.30 Å². The first kappa shape index (κ1) is 15.4. The van der Waals surface area contributed by atoms with E-state index in [1.54, 1.807) is 18.9 Å². The van der Waals surface area contributed by atoms with Crippen LogP contribution in [0.25, 0.3) is 11.2 Å². The number of halogens is 1. The van der Waals surface area contributed by atoms with E-state index in [1.165, 1.54) is 6.33 Å². The second-order valence-corrected chi connectivity index (χ2v) is 7.36. The van der Waals surface area contributed by atoms with Crippen molar-refractivity contribution in [2.75, 3.05) is 13.4 Å². The minimum Gasteiger partial charge on any atom is -0.479 e. The monoisotopic (exact) mass is 314 g/mol. The van der Waals surface area contributed by atoms with Crippen LogP contribution in [0.5, 0.6) is 5.88 Å². The molecular formula is C13H19ClN4OS. The van der Waals surface area contributed by atoms with Gasteiger partial charge in [-0.25, -0.2) is 9.97 Å². The quantitative estimate of drug-likeness (QED) is 0.793. The van der Waals surface area contributed by atoms with Crippen LogP contribution in [0, 0.1) is 0 Å². The highest BCUT2D eigenvalue weighted by Gasteiger charge is 2.24. The van der Waals surface area contributed by atoms with Crippen molar-refractivity contribution in [3.8, 4) is 5.88 Å². The molecule has 110 valence electrons. The van der Waals surface area contributed by atoms with Crippen LogP contribution in [0.15, 0.2) is 6.33 Å². The number of thioether (sulfide) groups is 1. The van der Waals surface area contributed by atoms with Crippen LogP contribution in [0.3, 0.4) is 0 Å². The third-order valence-electron chi connectivity index (χ3n) is 3.17. The summed E-state index contributed by atoms with van der Waals surface area (Å²) in [5.41, 5.74) is 1.43. The molecule has 1 unspecified atom stereocenters. The van der Waals surface area contributed by atoms with Crippen LogP contribution in [0.2, 0.25) is 0 Å². The Morgan fingerprint density at radius 1 is 1.45 bits per heavy atom. The van der Waals surface area contributed by atoms with E-state index in [1.807, 2.05) is 6.92 Å². The molecule has 0 aliphatic heterocycles. The van der Waals surface area contributed by atoms with Crippen LogP contribution in [0.1, 0.15) is 32.0 Å². The molecule has 7 heteroatoms. The zero-order valence-electron chi connectivity index (χ0n) is 12.3. The van der Waals surface area contributed by atoms with Crippen LogP contribution in [0.4, 0.5) is 0 Å². The van der Waals surface area contributed by atoms with E-state index in [9.17, 15) is 0 Å². The number of fused-ring (bicyclic) bond motifs is 1. The summed E-state index contributed by atoms with van der Waals surface area (Å²) in [5.74, 6) is 1.27. The average molecular weight is 315 g/mol. The molecule has 1 atom stereocenters. The first-order chi connectivity index (χ1) is 9.39. The molecule has 20 heavy (non-hydrogen) atoms. The van der Waals surface area contributed by atoms with Crippen molar-refractivity contribution in [1.29, 1.82) is 0 Å². The lowest BCUT2D eigenvalue weighted by Gasteiger charge is -2.24. The van der Waals surface area contributed by atoms with Gasteiger partial charge in [0.1, 0.15) is 12.2 Å². The van der Waals surface area contributed by atoms with Crippen LogP contribution in [-0.4, -0.2) is 37.6 Å². The Bertz CT molecular complexity index is 612. The molecular weight excluding hydrogens is 296 g/mol. The molecule has 0 saturated heterocycles. The highest BCUT2D eigenvalue weighted by atomic mass is 35.5. The summed E-state index contributed by atoms with van der Waals surface area (Å²) in [5, 5.41) is -0.202. The van der Waals surface area contributed by atoms with Crippen LogP contribution >= 0.6 is 23.4 Å². The van der Waals surface area contributed by atoms with Gasteiger partial charge in [0.15, 0.2) is 11.2 Å². The summed E-state index contributed by atoms with van der Waals surface area (Å²) in [6.45, 7) is 7.05. The Kier molecular flexibility index (Phi) is 4.44. The number of nitrogens with zero attached hydrogens (tertiary/aromatic N) is 4. The molecule has 0 fully saturated rings. The molecule has 0 aliphatic carbocycles. The van der Waals surface area contributed by atoms with Crippen molar-refractivity contribution in [3.63, 3.8) is 0 Å². The summed E-state index contributed by atoms with van der Waals surface area (Å²) in [6.07, 6.45) is 3.59. The number of hydrogen-bond acceptors (Lipinski definition) is 5. The molecule has 5 nitrogen and oxygen atoms in total. The van der Waals surface area contributed by atoms with Gasteiger partial charge in [0.2, 0.25) is 5.88 Å². The smallest absolute Gasteiger partial charge is 0.245 e. The van der Waals surface area contributed by atoms with Gasteiger partial charge in [-0.3, -0.25) is 0 Å². The van der Waals surface area contributed by atoms with Crippen molar-refractivity contribution in [3.05, 3.63) is 12.2 Å². The fraction of sp³-hybridized carbons (Fsp3) is 0.615. The number of methoxy groups -OCH3 is 1. The molecule has 0 amide bonds. The standard InChI is InChI=1S/C13H19ClN4OS/c1-8(14)10-17-9-11(15-7-16-12(9)19-4)18(10)6-13(2,3)20-5/h7-8H,6H2,1-5H3. The Hall–Kier alpha value is -1.01. The van der Waals surface area contributed by atoms with Gasteiger partial charge in [0.05, 0.1) is 12.5 Å². The van der Waals surface area contributed by atoms with Crippen LogP contribution in [-0.2, 0) is 6.54 Å². The van der Waals surface area contributed by atoms with Crippen molar-refractivity contribution in [2.24, 2.45) is 0 Å².